The van der Waals surface area contributed by atoms with E-state index in [1.165, 1.54) is 0 Å². The zero-order valence-corrected chi connectivity index (χ0v) is 10.8. The molecule has 0 aromatic carbocycles. The molecule has 3 N–H and O–H groups in total. The van der Waals surface area contributed by atoms with Gasteiger partial charge in [0.2, 0.25) is 5.91 Å². The number of carbonyl (C=O) groups is 1. The van der Waals surface area contributed by atoms with Crippen LogP contribution in [0.3, 0.4) is 0 Å². The zero-order chi connectivity index (χ0) is 14.7. The molecule has 1 unspecified atom stereocenters. The van der Waals surface area contributed by atoms with Crippen LogP contribution >= 0.6 is 0 Å². The van der Waals surface area contributed by atoms with E-state index in [2.05, 4.69) is 10.4 Å². The number of nitrogens with zero attached hydrogens (tertiary/aromatic N) is 2. The lowest BCUT2D eigenvalue weighted by Crippen LogP contribution is -2.48. The molecule has 1 aromatic heterocycles. The molecular formula is C11H17F3N4O. The molecule has 1 atom stereocenters. The van der Waals surface area contributed by atoms with Crippen LogP contribution in [-0.4, -0.2) is 27.4 Å². The molecule has 0 aliphatic carbocycles. The molecule has 0 bridgehead atoms. The van der Waals surface area contributed by atoms with Gasteiger partial charge in [0.05, 0.1) is 17.4 Å². The standard InChI is InChI=1S/C11H17F3N4O/c1-3-4-10(2,15)9(19)17-8-5-16-18(6-8)7-11(12,13)14/h5-6H,3-4,7,15H2,1-2H3,(H,17,19). The Morgan fingerprint density at radius 2 is 2.16 bits per heavy atom. The number of hydrogen-bond donors (Lipinski definition) is 2. The first-order valence-corrected chi connectivity index (χ1v) is 5.83. The fourth-order valence-electron chi connectivity index (χ4n) is 1.61. The minimum absolute atomic E-state index is 0.196. The van der Waals surface area contributed by atoms with Gasteiger partial charge in [-0.1, -0.05) is 13.3 Å². The first kappa shape index (κ1) is 15.5. The molecular weight excluding hydrogens is 261 g/mol. The van der Waals surface area contributed by atoms with Gasteiger partial charge in [0.15, 0.2) is 0 Å². The third kappa shape index (κ3) is 4.90. The number of anilines is 1. The Kier molecular flexibility index (Phi) is 4.56. The van der Waals surface area contributed by atoms with Gasteiger partial charge in [-0.15, -0.1) is 0 Å². The van der Waals surface area contributed by atoms with Crippen LogP contribution in [0, 0.1) is 0 Å². The summed E-state index contributed by atoms with van der Waals surface area (Å²) in [6.07, 6.45) is -0.861. The normalized spacial score (nSPS) is 15.1. The molecule has 0 spiro atoms. The van der Waals surface area contributed by atoms with Gasteiger partial charge >= 0.3 is 6.18 Å². The summed E-state index contributed by atoms with van der Waals surface area (Å²) in [6, 6.07) is 0. The summed E-state index contributed by atoms with van der Waals surface area (Å²) in [5.41, 5.74) is 4.95. The first-order chi connectivity index (χ1) is 8.64. The van der Waals surface area contributed by atoms with Crippen LogP contribution in [0.15, 0.2) is 12.4 Å². The molecule has 0 fully saturated rings. The minimum atomic E-state index is -4.35. The Morgan fingerprint density at radius 1 is 1.53 bits per heavy atom. The number of carbonyl (C=O) groups excluding carboxylic acids is 1. The predicted octanol–water partition coefficient (Wildman–Crippen LogP) is 1.90. The van der Waals surface area contributed by atoms with Crippen molar-refractivity contribution in [2.75, 3.05) is 5.32 Å². The van der Waals surface area contributed by atoms with Crippen LogP contribution in [0.1, 0.15) is 26.7 Å². The second kappa shape index (κ2) is 5.60. The maximum absolute atomic E-state index is 12.1. The molecule has 19 heavy (non-hydrogen) atoms. The van der Waals surface area contributed by atoms with E-state index in [1.807, 2.05) is 6.92 Å². The molecule has 108 valence electrons. The first-order valence-electron chi connectivity index (χ1n) is 5.83. The number of rotatable bonds is 5. The van der Waals surface area contributed by atoms with E-state index in [4.69, 9.17) is 5.73 Å². The molecule has 0 saturated carbocycles. The fraction of sp³-hybridized carbons (Fsp3) is 0.636. The van der Waals surface area contributed by atoms with Crippen LogP contribution in [0.2, 0.25) is 0 Å². The third-order valence-corrected chi connectivity index (χ3v) is 2.52. The fourth-order valence-corrected chi connectivity index (χ4v) is 1.61. The maximum atomic E-state index is 12.1. The van der Waals surface area contributed by atoms with Crippen LogP contribution in [-0.2, 0) is 11.3 Å². The van der Waals surface area contributed by atoms with Gasteiger partial charge in [0.1, 0.15) is 6.54 Å². The summed E-state index contributed by atoms with van der Waals surface area (Å²) < 4.78 is 37.1. The average molecular weight is 278 g/mol. The minimum Gasteiger partial charge on any atom is -0.322 e. The van der Waals surface area contributed by atoms with Crippen LogP contribution in [0.5, 0.6) is 0 Å². The van der Waals surface area contributed by atoms with Crippen molar-refractivity contribution >= 4 is 11.6 Å². The van der Waals surface area contributed by atoms with Gasteiger partial charge in [0, 0.05) is 6.20 Å². The van der Waals surface area contributed by atoms with E-state index >= 15 is 0 Å². The van der Waals surface area contributed by atoms with E-state index < -0.39 is 24.2 Å². The molecule has 8 heteroatoms. The lowest BCUT2D eigenvalue weighted by atomic mass is 9.96. The summed E-state index contributed by atoms with van der Waals surface area (Å²) >= 11 is 0. The summed E-state index contributed by atoms with van der Waals surface area (Å²) in [5, 5.41) is 5.98. The van der Waals surface area contributed by atoms with Crippen molar-refractivity contribution in [3.63, 3.8) is 0 Å². The van der Waals surface area contributed by atoms with Crippen molar-refractivity contribution in [3.8, 4) is 0 Å². The van der Waals surface area contributed by atoms with Crippen molar-refractivity contribution in [2.24, 2.45) is 5.73 Å². The van der Waals surface area contributed by atoms with Crippen molar-refractivity contribution in [1.82, 2.24) is 9.78 Å². The quantitative estimate of drug-likeness (QED) is 0.864. The number of hydrogen-bond acceptors (Lipinski definition) is 3. The molecule has 0 aliphatic rings. The van der Waals surface area contributed by atoms with Crippen molar-refractivity contribution in [2.45, 2.75) is 44.9 Å². The Balaban J connectivity index is 2.66. The molecule has 5 nitrogen and oxygen atoms in total. The van der Waals surface area contributed by atoms with Crippen LogP contribution in [0.4, 0.5) is 18.9 Å². The smallest absolute Gasteiger partial charge is 0.322 e. The van der Waals surface area contributed by atoms with E-state index in [1.54, 1.807) is 6.92 Å². The van der Waals surface area contributed by atoms with Gasteiger partial charge in [-0.05, 0) is 13.3 Å². The van der Waals surface area contributed by atoms with Crippen LogP contribution < -0.4 is 11.1 Å². The second-order valence-corrected chi connectivity index (χ2v) is 4.66. The van der Waals surface area contributed by atoms with Crippen molar-refractivity contribution < 1.29 is 18.0 Å². The maximum Gasteiger partial charge on any atom is 0.408 e. The average Bonchev–Trinajstić information content (AvgIpc) is 2.62. The summed E-state index contributed by atoms with van der Waals surface area (Å²) in [7, 11) is 0. The van der Waals surface area contributed by atoms with Crippen molar-refractivity contribution in [3.05, 3.63) is 12.4 Å². The van der Waals surface area contributed by atoms with Crippen molar-refractivity contribution in [1.29, 1.82) is 0 Å². The van der Waals surface area contributed by atoms with Gasteiger partial charge in [0.25, 0.3) is 0 Å². The SMILES string of the molecule is CCCC(C)(N)C(=O)Nc1cnn(CC(F)(F)F)c1. The number of amides is 1. The third-order valence-electron chi connectivity index (χ3n) is 2.52. The summed E-state index contributed by atoms with van der Waals surface area (Å²) in [4.78, 5) is 11.8. The number of alkyl halides is 3. The van der Waals surface area contributed by atoms with Gasteiger partial charge in [-0.2, -0.15) is 18.3 Å². The second-order valence-electron chi connectivity index (χ2n) is 4.66. The molecule has 0 aliphatic heterocycles. The van der Waals surface area contributed by atoms with Gasteiger partial charge in [-0.25, -0.2) is 0 Å². The predicted molar refractivity (Wildman–Crippen MR) is 64.4 cm³/mol. The zero-order valence-electron chi connectivity index (χ0n) is 10.8. The number of nitrogens with two attached hydrogens (primary N) is 1. The Morgan fingerprint density at radius 3 is 2.68 bits per heavy atom. The van der Waals surface area contributed by atoms with E-state index in [9.17, 15) is 18.0 Å². The van der Waals surface area contributed by atoms with E-state index in [0.717, 1.165) is 18.8 Å². The highest BCUT2D eigenvalue weighted by atomic mass is 19.4. The molecule has 0 radical (unpaired) electrons. The highest BCUT2D eigenvalue weighted by Gasteiger charge is 2.29. The largest absolute Gasteiger partial charge is 0.408 e. The van der Waals surface area contributed by atoms with Gasteiger partial charge in [-0.3, -0.25) is 9.48 Å². The number of nitrogens with one attached hydrogen (secondary N) is 1. The Bertz CT molecular complexity index is 439. The molecule has 1 rings (SSSR count). The van der Waals surface area contributed by atoms with Crippen LogP contribution in [0.25, 0.3) is 0 Å². The summed E-state index contributed by atoms with van der Waals surface area (Å²) in [6.45, 7) is 2.27. The monoisotopic (exact) mass is 278 g/mol. The summed E-state index contributed by atoms with van der Waals surface area (Å²) in [5.74, 6) is -0.444. The number of halogens is 3. The number of aromatic nitrogens is 2. The Hall–Kier alpha value is -1.57. The molecule has 1 aromatic rings. The van der Waals surface area contributed by atoms with E-state index in [-0.39, 0.29) is 5.69 Å². The Labute approximate surface area is 109 Å². The molecule has 1 heterocycles. The van der Waals surface area contributed by atoms with Gasteiger partial charge < -0.3 is 11.1 Å². The molecule has 1 amide bonds. The topological polar surface area (TPSA) is 72.9 Å². The highest BCUT2D eigenvalue weighted by Crippen LogP contribution is 2.18. The molecule has 0 saturated heterocycles. The van der Waals surface area contributed by atoms with E-state index in [0.29, 0.717) is 11.1 Å². The lowest BCUT2D eigenvalue weighted by molar-refractivity contribution is -0.142. The lowest BCUT2D eigenvalue weighted by Gasteiger charge is -2.22. The highest BCUT2D eigenvalue weighted by molar-refractivity contribution is 5.97.